The van der Waals surface area contributed by atoms with Gasteiger partial charge in [0, 0.05) is 6.07 Å². The van der Waals surface area contributed by atoms with Crippen molar-refractivity contribution < 1.29 is 18.7 Å². The fourth-order valence-corrected chi connectivity index (χ4v) is 5.14. The molecule has 0 spiro atoms. The number of pyridine rings is 1. The molecule has 0 aliphatic heterocycles. The number of hydrogen-bond acceptors (Lipinski definition) is 12. The maximum atomic E-state index is 14.0. The first-order chi connectivity index (χ1) is 20.9. The van der Waals surface area contributed by atoms with E-state index in [2.05, 4.69) is 29.9 Å². The summed E-state index contributed by atoms with van der Waals surface area (Å²) in [5.74, 6) is -1.97. The van der Waals surface area contributed by atoms with Crippen LogP contribution in [0.4, 0.5) is 8.78 Å². The third-order valence-corrected chi connectivity index (χ3v) is 7.60. The lowest BCUT2D eigenvalue weighted by Gasteiger charge is -2.12. The Morgan fingerprint density at radius 2 is 1.41 bits per heavy atom. The van der Waals surface area contributed by atoms with E-state index < -0.39 is 22.9 Å². The van der Waals surface area contributed by atoms with E-state index in [1.54, 1.807) is 18.8 Å². The van der Waals surface area contributed by atoms with E-state index in [4.69, 9.17) is 39.9 Å². The second-order valence-electron chi connectivity index (χ2n) is 7.75. The minimum Gasteiger partial charge on any atom is -0.493 e. The molecule has 0 amide bonds. The zero-order valence-electron chi connectivity index (χ0n) is 22.5. The number of benzene rings is 1. The van der Waals surface area contributed by atoms with Crippen molar-refractivity contribution in [2.75, 3.05) is 18.8 Å². The zero-order chi connectivity index (χ0) is 32.6. The van der Waals surface area contributed by atoms with Crippen LogP contribution in [0.3, 0.4) is 0 Å². The maximum absolute atomic E-state index is 14.0. The molecule has 44 heavy (non-hydrogen) atoms. The highest BCUT2D eigenvalue weighted by molar-refractivity contribution is 7.98. The van der Waals surface area contributed by atoms with E-state index in [9.17, 15) is 23.2 Å². The number of carbonyl (C=O) groups excluding carboxylic acids is 1. The van der Waals surface area contributed by atoms with E-state index in [0.29, 0.717) is 27.1 Å². The summed E-state index contributed by atoms with van der Waals surface area (Å²) >= 11 is 21.1. The van der Waals surface area contributed by atoms with Crippen molar-refractivity contribution in [3.8, 4) is 11.6 Å². The van der Waals surface area contributed by atoms with Crippen LogP contribution < -0.4 is 11.1 Å². The summed E-state index contributed by atoms with van der Waals surface area (Å²) in [7, 11) is 0. The number of nitrogens with one attached hydrogen (secondary N) is 1. The van der Waals surface area contributed by atoms with Crippen molar-refractivity contribution in [1.82, 2.24) is 34.5 Å². The number of nitrogens with zero attached hydrogens (tertiary/aromatic N) is 6. The van der Waals surface area contributed by atoms with Gasteiger partial charge in [0.25, 0.3) is 11.1 Å². The first-order valence-corrected chi connectivity index (χ1v) is 16.4. The molecule has 0 radical (unpaired) electrons. The summed E-state index contributed by atoms with van der Waals surface area (Å²) < 4.78 is 29.0. The molecule has 0 saturated carbocycles. The van der Waals surface area contributed by atoms with Gasteiger partial charge in [-0.3, -0.25) is 19.0 Å². The van der Waals surface area contributed by atoms with Crippen molar-refractivity contribution in [2.24, 2.45) is 0 Å². The number of fused-ring (bicyclic) bond motifs is 1. The molecule has 19 heteroatoms. The zero-order valence-corrected chi connectivity index (χ0v) is 27.2. The molecule has 0 atom stereocenters. The van der Waals surface area contributed by atoms with Gasteiger partial charge in [-0.25, -0.2) is 28.7 Å². The Balaban J connectivity index is 0.000000202. The Labute approximate surface area is 274 Å². The average Bonchev–Trinajstić information content (AvgIpc) is 2.97. The fraction of sp³-hybridized carbons (Fsp3) is 0.120. The molecule has 4 aromatic heterocycles. The van der Waals surface area contributed by atoms with Gasteiger partial charge in [0.1, 0.15) is 32.8 Å². The van der Waals surface area contributed by atoms with E-state index in [1.165, 1.54) is 53.5 Å². The van der Waals surface area contributed by atoms with Crippen LogP contribution in [0.15, 0.2) is 61.5 Å². The molecule has 0 fully saturated rings. The van der Waals surface area contributed by atoms with Crippen LogP contribution in [0.5, 0.6) is 5.88 Å². The number of hydrogen-bond donors (Lipinski definition) is 2. The van der Waals surface area contributed by atoms with Crippen molar-refractivity contribution in [3.63, 3.8) is 0 Å². The van der Waals surface area contributed by atoms with Crippen LogP contribution in [0.25, 0.3) is 16.7 Å². The summed E-state index contributed by atoms with van der Waals surface area (Å²) in [5, 5.41) is 10.6. The number of aromatic hydroxyl groups is 1. The van der Waals surface area contributed by atoms with E-state index in [-0.39, 0.29) is 38.1 Å². The molecule has 0 unspecified atom stereocenters. The second kappa shape index (κ2) is 16.2. The number of H-pyrrole nitrogens is 1. The summed E-state index contributed by atoms with van der Waals surface area (Å²) in [6, 6.07) is 6.99. The monoisotopic (exact) mass is 719 g/mol. The van der Waals surface area contributed by atoms with Crippen LogP contribution >= 0.6 is 70.1 Å². The largest absolute Gasteiger partial charge is 0.493 e. The second-order valence-corrected chi connectivity index (χ2v) is 11.2. The van der Waals surface area contributed by atoms with Gasteiger partial charge in [0.05, 0.1) is 17.0 Å². The minimum absolute atomic E-state index is 0.0563. The number of aromatic nitrogens is 7. The molecule has 4 heterocycles. The van der Waals surface area contributed by atoms with Crippen molar-refractivity contribution in [3.05, 3.63) is 89.8 Å². The molecule has 1 aromatic carbocycles. The Morgan fingerprint density at radius 3 is 1.93 bits per heavy atom. The molecule has 5 aromatic rings. The van der Waals surface area contributed by atoms with Crippen LogP contribution in [-0.4, -0.2) is 64.6 Å². The lowest BCUT2D eigenvalue weighted by molar-refractivity contribution is 0.112. The van der Waals surface area contributed by atoms with Crippen LogP contribution in [0.1, 0.15) is 10.4 Å². The number of rotatable bonds is 5. The quantitative estimate of drug-likeness (QED) is 0.0954. The molecule has 0 bridgehead atoms. The fourth-order valence-electron chi connectivity index (χ4n) is 3.18. The standard InChI is InChI=1S/C14H8ClF2N3OS.C6H4Cl2N2OS.C5H6N2O2S/c1-22-14-18-12(15)7-5-6-10(21)20(13(7)19-14)11-8(16)3-2-4-9(11)17;1-12-6-9-4(7)3(2-11)5(8)10-6;1-10-5-6-3(8)2-4(9)7-5/h2-6H,1H3;2H,1H3;2H,1H3,(H2,6,7,8,9). The molecule has 11 nitrogen and oxygen atoms in total. The van der Waals surface area contributed by atoms with E-state index in [1.807, 2.05) is 0 Å². The topological polar surface area (TPSA) is 157 Å². The van der Waals surface area contributed by atoms with Gasteiger partial charge < -0.3 is 10.1 Å². The Kier molecular flexibility index (Phi) is 12.9. The summed E-state index contributed by atoms with van der Waals surface area (Å²) in [4.78, 5) is 55.1. The number of thioether (sulfide) groups is 3. The number of aromatic amines is 1. The SMILES string of the molecule is CSc1nc(Cl)c(C=O)c(Cl)n1.CSc1nc(Cl)c2ccc(=O)n(-c3c(F)cccc3F)c2n1.CSc1nc(O)cc(=O)[nH]1. The minimum atomic E-state index is -0.866. The lowest BCUT2D eigenvalue weighted by Crippen LogP contribution is -2.21. The van der Waals surface area contributed by atoms with Crippen molar-refractivity contribution >= 4 is 87.4 Å². The van der Waals surface area contributed by atoms with E-state index >= 15 is 0 Å². The number of para-hydroxylation sites is 1. The molecule has 230 valence electrons. The predicted octanol–water partition coefficient (Wildman–Crippen LogP) is 5.95. The van der Waals surface area contributed by atoms with Crippen LogP contribution in [0, 0.1) is 11.6 Å². The first kappa shape index (κ1) is 35.2. The molecule has 5 rings (SSSR count). The Morgan fingerprint density at radius 1 is 0.841 bits per heavy atom. The molecular weight excluding hydrogens is 703 g/mol. The van der Waals surface area contributed by atoms with Gasteiger partial charge in [-0.2, -0.15) is 4.98 Å². The van der Waals surface area contributed by atoms with Gasteiger partial charge in [-0.05, 0) is 37.0 Å². The van der Waals surface area contributed by atoms with Crippen LogP contribution in [-0.2, 0) is 0 Å². The maximum Gasteiger partial charge on any atom is 0.256 e. The summed E-state index contributed by atoms with van der Waals surface area (Å²) in [5.41, 5.74) is -1.24. The summed E-state index contributed by atoms with van der Waals surface area (Å²) in [6.07, 6.45) is 5.82. The van der Waals surface area contributed by atoms with Crippen molar-refractivity contribution in [1.29, 1.82) is 0 Å². The Hall–Kier alpha value is -3.28. The van der Waals surface area contributed by atoms with Gasteiger partial charge >= 0.3 is 0 Å². The highest BCUT2D eigenvalue weighted by atomic mass is 35.5. The number of carbonyl (C=O) groups is 1. The summed E-state index contributed by atoms with van der Waals surface area (Å²) in [6.45, 7) is 0. The lowest BCUT2D eigenvalue weighted by atomic mass is 10.2. The molecular formula is C25H18Cl3F2N7O4S3. The van der Waals surface area contributed by atoms with Gasteiger partial charge in [-0.15, -0.1) is 0 Å². The third-order valence-electron chi connectivity index (χ3n) is 5.06. The van der Waals surface area contributed by atoms with Crippen molar-refractivity contribution in [2.45, 2.75) is 15.5 Å². The Bertz CT molecular complexity index is 1910. The van der Waals surface area contributed by atoms with Gasteiger partial charge in [-0.1, -0.05) is 76.2 Å². The average molecular weight is 721 g/mol. The van der Waals surface area contributed by atoms with Gasteiger partial charge in [0.15, 0.2) is 27.4 Å². The van der Waals surface area contributed by atoms with E-state index in [0.717, 1.165) is 22.8 Å². The number of halogens is 5. The normalized spacial score (nSPS) is 10.5. The highest BCUT2D eigenvalue weighted by Crippen LogP contribution is 2.26. The molecule has 2 N–H and O–H groups in total. The van der Waals surface area contributed by atoms with Crippen LogP contribution in [0.2, 0.25) is 15.5 Å². The molecule has 0 aliphatic carbocycles. The highest BCUT2D eigenvalue weighted by Gasteiger charge is 2.18. The first-order valence-electron chi connectivity index (χ1n) is 11.6. The molecule has 0 aliphatic rings. The predicted molar refractivity (Wildman–Crippen MR) is 169 cm³/mol. The smallest absolute Gasteiger partial charge is 0.256 e. The van der Waals surface area contributed by atoms with Gasteiger partial charge in [0.2, 0.25) is 5.88 Å². The third kappa shape index (κ3) is 8.67. The number of aldehydes is 1. The molecule has 0 saturated heterocycles.